The van der Waals surface area contributed by atoms with E-state index in [4.69, 9.17) is 32.5 Å². The fourth-order valence-electron chi connectivity index (χ4n) is 3.64. The van der Waals surface area contributed by atoms with Gasteiger partial charge in [0.25, 0.3) is 10.0 Å². The van der Waals surface area contributed by atoms with Gasteiger partial charge in [0.05, 0.1) is 15.6 Å². The van der Waals surface area contributed by atoms with Crippen LogP contribution in [0.25, 0.3) is 22.1 Å². The van der Waals surface area contributed by atoms with Crippen molar-refractivity contribution in [1.29, 1.82) is 0 Å². The minimum atomic E-state index is -3.96. The van der Waals surface area contributed by atoms with Crippen molar-refractivity contribution >= 4 is 49.9 Å². The van der Waals surface area contributed by atoms with Gasteiger partial charge in [0.2, 0.25) is 0 Å². The summed E-state index contributed by atoms with van der Waals surface area (Å²) in [5.41, 5.74) is 2.93. The van der Waals surface area contributed by atoms with E-state index in [-0.39, 0.29) is 10.6 Å². The Morgan fingerprint density at radius 2 is 1.67 bits per heavy atom. The first-order valence-electron chi connectivity index (χ1n) is 10.6. The van der Waals surface area contributed by atoms with Crippen LogP contribution in [0, 0.1) is 12.7 Å². The van der Waals surface area contributed by atoms with Gasteiger partial charge in [-0.25, -0.2) is 12.8 Å². The Morgan fingerprint density at radius 1 is 0.917 bits per heavy atom. The molecule has 0 aliphatic heterocycles. The molecule has 1 aromatic heterocycles. The summed E-state index contributed by atoms with van der Waals surface area (Å²) in [6, 6.07) is 19.7. The number of hydrogen-bond acceptors (Lipinski definition) is 5. The summed E-state index contributed by atoms with van der Waals surface area (Å²) in [5.74, 6) is 0.277. The van der Waals surface area contributed by atoms with E-state index in [9.17, 15) is 12.8 Å². The minimum Gasteiger partial charge on any atom is -0.455 e. The van der Waals surface area contributed by atoms with Gasteiger partial charge in [-0.1, -0.05) is 34.4 Å². The van der Waals surface area contributed by atoms with Crippen LogP contribution in [0.1, 0.15) is 5.69 Å². The van der Waals surface area contributed by atoms with Crippen molar-refractivity contribution in [3.05, 3.63) is 100 Å². The van der Waals surface area contributed by atoms with Gasteiger partial charge in [0.15, 0.2) is 5.58 Å². The first kappa shape index (κ1) is 24.1. The molecule has 0 atom stereocenters. The molecule has 0 aliphatic rings. The van der Waals surface area contributed by atoms with E-state index in [0.717, 1.165) is 23.1 Å². The largest absolute Gasteiger partial charge is 0.455 e. The monoisotopic (exact) mass is 542 g/mol. The molecule has 0 unspecified atom stereocenters. The highest BCUT2D eigenvalue weighted by Crippen LogP contribution is 2.40. The molecule has 182 valence electrons. The molecule has 0 saturated heterocycles. The fourth-order valence-corrected chi connectivity index (χ4v) is 5.14. The third kappa shape index (κ3) is 4.88. The number of fused-ring (bicyclic) bond motifs is 1. The molecule has 0 amide bonds. The predicted molar refractivity (Wildman–Crippen MR) is 138 cm³/mol. The van der Waals surface area contributed by atoms with Gasteiger partial charge in [-0.15, -0.1) is 0 Å². The molecule has 5 rings (SSSR count). The Hall–Kier alpha value is -3.59. The van der Waals surface area contributed by atoms with E-state index in [1.807, 2.05) is 19.1 Å². The number of aryl methyl sites for hydroxylation is 1. The van der Waals surface area contributed by atoms with Gasteiger partial charge < -0.3 is 9.26 Å². The zero-order chi connectivity index (χ0) is 25.4. The zero-order valence-corrected chi connectivity index (χ0v) is 21.0. The number of aromatic nitrogens is 1. The van der Waals surface area contributed by atoms with Gasteiger partial charge in [-0.3, -0.25) is 4.72 Å². The highest BCUT2D eigenvalue weighted by Gasteiger charge is 2.18. The molecular formula is C26H17Cl2FN2O4S. The lowest BCUT2D eigenvalue weighted by atomic mass is 10.0. The average molecular weight is 543 g/mol. The Kier molecular flexibility index (Phi) is 6.34. The number of halogens is 3. The number of nitrogens with one attached hydrogen (secondary N) is 1. The van der Waals surface area contributed by atoms with E-state index in [2.05, 4.69) is 9.88 Å². The quantitative estimate of drug-likeness (QED) is 0.236. The summed E-state index contributed by atoms with van der Waals surface area (Å²) < 4.78 is 53.0. The maximum Gasteiger partial charge on any atom is 0.261 e. The third-order valence-electron chi connectivity index (χ3n) is 5.43. The number of benzene rings is 4. The number of hydrogen-bond donors (Lipinski definition) is 1. The Morgan fingerprint density at radius 3 is 2.42 bits per heavy atom. The van der Waals surface area contributed by atoms with Crippen molar-refractivity contribution in [2.24, 2.45) is 0 Å². The molecule has 36 heavy (non-hydrogen) atoms. The topological polar surface area (TPSA) is 81.4 Å². The predicted octanol–water partition coefficient (Wildman–Crippen LogP) is 7.84. The second-order valence-electron chi connectivity index (χ2n) is 7.93. The van der Waals surface area contributed by atoms with Crippen molar-refractivity contribution in [3.8, 4) is 22.6 Å². The molecular weight excluding hydrogens is 526 g/mol. The molecule has 0 aliphatic carbocycles. The van der Waals surface area contributed by atoms with Gasteiger partial charge in [0, 0.05) is 21.7 Å². The van der Waals surface area contributed by atoms with Crippen molar-refractivity contribution in [2.75, 3.05) is 4.72 Å². The molecule has 0 bridgehead atoms. The molecule has 4 aromatic carbocycles. The normalized spacial score (nSPS) is 11.6. The average Bonchev–Trinajstić information content (AvgIpc) is 3.22. The summed E-state index contributed by atoms with van der Waals surface area (Å²) in [6.07, 6.45) is 0. The van der Waals surface area contributed by atoms with Crippen LogP contribution < -0.4 is 9.46 Å². The van der Waals surface area contributed by atoms with Crippen molar-refractivity contribution in [1.82, 2.24) is 5.16 Å². The number of rotatable bonds is 6. The van der Waals surface area contributed by atoms with Crippen LogP contribution in [-0.4, -0.2) is 13.6 Å². The molecule has 5 aromatic rings. The highest BCUT2D eigenvalue weighted by atomic mass is 35.5. The van der Waals surface area contributed by atoms with Crippen LogP contribution in [0.3, 0.4) is 0 Å². The van der Waals surface area contributed by atoms with Crippen LogP contribution in [0.15, 0.2) is 88.3 Å². The van der Waals surface area contributed by atoms with Crippen LogP contribution in [0.2, 0.25) is 10.0 Å². The van der Waals surface area contributed by atoms with Gasteiger partial charge >= 0.3 is 0 Å². The number of anilines is 1. The minimum absolute atomic E-state index is 0.0692. The number of nitrogens with zero attached hydrogens (tertiary/aromatic N) is 1. The molecule has 6 nitrogen and oxygen atoms in total. The van der Waals surface area contributed by atoms with Crippen LogP contribution in [0.4, 0.5) is 10.1 Å². The Balaban J connectivity index is 1.59. The highest BCUT2D eigenvalue weighted by molar-refractivity contribution is 7.92. The van der Waals surface area contributed by atoms with Crippen molar-refractivity contribution < 1.29 is 22.1 Å². The Bertz CT molecular complexity index is 1700. The van der Waals surface area contributed by atoms with E-state index in [0.29, 0.717) is 38.4 Å². The lowest BCUT2D eigenvalue weighted by Crippen LogP contribution is -2.13. The summed E-state index contributed by atoms with van der Waals surface area (Å²) in [6.45, 7) is 1.83. The second kappa shape index (κ2) is 9.46. The first-order chi connectivity index (χ1) is 17.2. The summed E-state index contributed by atoms with van der Waals surface area (Å²) in [4.78, 5) is -0.0692. The molecule has 10 heteroatoms. The summed E-state index contributed by atoms with van der Waals surface area (Å²) in [5, 5.41) is 5.58. The lowest BCUT2D eigenvalue weighted by Gasteiger charge is -2.15. The maximum atomic E-state index is 13.3. The molecule has 1 heterocycles. The standard InChI is InChI=1S/C26H17Cl2FN2O4S/c1-15-21-12-16(2-9-25(21)35-30-15)22-14-19(31-36(32,33)20-7-4-18(29)5-8-20)6-11-24(22)34-26-10-3-17(27)13-23(26)28/h2-14,31H,1H3. The smallest absolute Gasteiger partial charge is 0.261 e. The summed E-state index contributed by atoms with van der Waals surface area (Å²) >= 11 is 12.3. The molecule has 0 radical (unpaired) electrons. The van der Waals surface area contributed by atoms with Crippen LogP contribution in [0.5, 0.6) is 11.5 Å². The van der Waals surface area contributed by atoms with E-state index >= 15 is 0 Å². The van der Waals surface area contributed by atoms with Gasteiger partial charge in [0.1, 0.15) is 17.3 Å². The van der Waals surface area contributed by atoms with Crippen molar-refractivity contribution in [2.45, 2.75) is 11.8 Å². The Labute approximate surface area is 216 Å². The summed E-state index contributed by atoms with van der Waals surface area (Å²) in [7, 11) is -3.96. The molecule has 0 fully saturated rings. The molecule has 0 saturated carbocycles. The van der Waals surface area contributed by atoms with Gasteiger partial charge in [-0.2, -0.15) is 0 Å². The SMILES string of the molecule is Cc1noc2ccc(-c3cc(NS(=O)(=O)c4ccc(F)cc4)ccc3Oc3ccc(Cl)cc3Cl)cc12. The third-order valence-corrected chi connectivity index (χ3v) is 7.36. The lowest BCUT2D eigenvalue weighted by molar-refractivity contribution is 0.450. The zero-order valence-electron chi connectivity index (χ0n) is 18.6. The fraction of sp³-hybridized carbons (Fsp3) is 0.0385. The van der Waals surface area contributed by atoms with Crippen LogP contribution >= 0.6 is 23.2 Å². The van der Waals surface area contributed by atoms with E-state index in [1.165, 1.54) is 12.1 Å². The van der Waals surface area contributed by atoms with Crippen molar-refractivity contribution in [3.63, 3.8) is 0 Å². The first-order valence-corrected chi connectivity index (χ1v) is 12.9. The van der Waals surface area contributed by atoms with E-state index in [1.54, 1.807) is 42.5 Å². The molecule has 1 N–H and O–H groups in total. The second-order valence-corrected chi connectivity index (χ2v) is 10.5. The molecule has 0 spiro atoms. The number of ether oxygens (including phenoxy) is 1. The van der Waals surface area contributed by atoms with Gasteiger partial charge in [-0.05, 0) is 85.3 Å². The van der Waals surface area contributed by atoms with Crippen LogP contribution in [-0.2, 0) is 10.0 Å². The van der Waals surface area contributed by atoms with E-state index < -0.39 is 15.8 Å². The number of sulfonamides is 1. The maximum absolute atomic E-state index is 13.3.